The number of carbonyl (C=O) groups is 1. The van der Waals surface area contributed by atoms with Gasteiger partial charge in [-0.1, -0.05) is 18.2 Å². The molecule has 1 aliphatic heterocycles. The number of hydrogen-bond acceptors (Lipinski definition) is 2. The minimum Gasteiger partial charge on any atom is -0.322 e. The molecule has 1 N–H and O–H groups in total. The van der Waals surface area contributed by atoms with Gasteiger partial charge in [0.2, 0.25) is 0 Å². The summed E-state index contributed by atoms with van der Waals surface area (Å²) in [6, 6.07) is 9.49. The van der Waals surface area contributed by atoms with Crippen LogP contribution in [0.3, 0.4) is 0 Å². The summed E-state index contributed by atoms with van der Waals surface area (Å²) >= 11 is 0. The molecule has 2 aromatic carbocycles. The van der Waals surface area contributed by atoms with Gasteiger partial charge in [-0.15, -0.1) is 0 Å². The number of rotatable bonds is 3. The normalized spacial score (nSPS) is 15.2. The van der Waals surface area contributed by atoms with Crippen molar-refractivity contribution in [2.75, 3.05) is 31.5 Å². The van der Waals surface area contributed by atoms with Gasteiger partial charge < -0.3 is 10.2 Å². The molecule has 0 aromatic heterocycles. The number of hydrogen-bond donors (Lipinski definition) is 1. The fourth-order valence-corrected chi connectivity index (χ4v) is 2.75. The van der Waals surface area contributed by atoms with Gasteiger partial charge in [0, 0.05) is 50.0 Å². The van der Waals surface area contributed by atoms with E-state index in [-0.39, 0.29) is 17.5 Å². The van der Waals surface area contributed by atoms with Crippen molar-refractivity contribution in [1.29, 1.82) is 0 Å². The van der Waals surface area contributed by atoms with Gasteiger partial charge >= 0.3 is 6.03 Å². The van der Waals surface area contributed by atoms with Gasteiger partial charge in [-0.05, 0) is 18.2 Å². The van der Waals surface area contributed by atoms with Crippen LogP contribution in [0.1, 0.15) is 5.56 Å². The summed E-state index contributed by atoms with van der Waals surface area (Å²) in [5.41, 5.74) is 0.833. The van der Waals surface area contributed by atoms with Crippen molar-refractivity contribution < 1.29 is 18.0 Å². The fraction of sp³-hybridized carbons (Fsp3) is 0.278. The molecule has 0 saturated carbocycles. The average Bonchev–Trinajstić information content (AvgIpc) is 2.61. The summed E-state index contributed by atoms with van der Waals surface area (Å²) < 4.78 is 39.8. The van der Waals surface area contributed by atoms with Gasteiger partial charge in [0.1, 0.15) is 5.82 Å². The lowest BCUT2D eigenvalue weighted by molar-refractivity contribution is 0.142. The number of urea groups is 1. The summed E-state index contributed by atoms with van der Waals surface area (Å²) in [5, 5.41) is 2.56. The van der Waals surface area contributed by atoms with Crippen molar-refractivity contribution in [3.05, 3.63) is 65.5 Å². The van der Waals surface area contributed by atoms with E-state index in [1.165, 1.54) is 12.1 Å². The molecule has 2 aromatic rings. The van der Waals surface area contributed by atoms with Crippen LogP contribution in [0.25, 0.3) is 0 Å². The van der Waals surface area contributed by atoms with Crippen LogP contribution in [0.15, 0.2) is 42.5 Å². The molecule has 2 amide bonds. The second-order valence-corrected chi connectivity index (χ2v) is 5.91. The summed E-state index contributed by atoms with van der Waals surface area (Å²) in [5.74, 6) is -2.20. The Hall–Kier alpha value is -2.54. The molecule has 3 rings (SSSR count). The Kier molecular flexibility index (Phi) is 5.23. The first kappa shape index (κ1) is 17.3. The van der Waals surface area contributed by atoms with Gasteiger partial charge in [0.25, 0.3) is 0 Å². The monoisotopic (exact) mass is 349 g/mol. The maximum absolute atomic E-state index is 13.7. The molecule has 4 nitrogen and oxygen atoms in total. The first-order valence-corrected chi connectivity index (χ1v) is 7.99. The highest BCUT2D eigenvalue weighted by Crippen LogP contribution is 2.15. The van der Waals surface area contributed by atoms with E-state index >= 15 is 0 Å². The van der Waals surface area contributed by atoms with Crippen molar-refractivity contribution in [2.24, 2.45) is 0 Å². The highest BCUT2D eigenvalue weighted by molar-refractivity contribution is 5.89. The SMILES string of the molecule is O=C(Nc1ccc(F)c(F)c1)N1CCN(Cc2ccccc2F)CC1. The number of anilines is 1. The molecular weight excluding hydrogens is 331 g/mol. The molecule has 1 aliphatic rings. The van der Waals surface area contributed by atoms with Crippen LogP contribution in [-0.2, 0) is 6.54 Å². The summed E-state index contributed by atoms with van der Waals surface area (Å²) in [6.45, 7) is 2.66. The molecule has 1 fully saturated rings. The number of nitrogens with zero attached hydrogens (tertiary/aromatic N) is 2. The van der Waals surface area contributed by atoms with Crippen LogP contribution < -0.4 is 5.32 Å². The molecule has 1 heterocycles. The number of piperazine rings is 1. The number of nitrogens with one attached hydrogen (secondary N) is 1. The highest BCUT2D eigenvalue weighted by Gasteiger charge is 2.22. The second-order valence-electron chi connectivity index (χ2n) is 5.91. The van der Waals surface area contributed by atoms with Crippen molar-refractivity contribution in [1.82, 2.24) is 9.80 Å². The van der Waals surface area contributed by atoms with E-state index in [0.717, 1.165) is 12.1 Å². The summed E-state index contributed by atoms with van der Waals surface area (Å²) in [7, 11) is 0. The van der Waals surface area contributed by atoms with E-state index in [4.69, 9.17) is 0 Å². The van der Waals surface area contributed by atoms with Crippen molar-refractivity contribution in [3.8, 4) is 0 Å². The number of benzene rings is 2. The van der Waals surface area contributed by atoms with Crippen LogP contribution >= 0.6 is 0 Å². The van der Waals surface area contributed by atoms with Gasteiger partial charge in [-0.2, -0.15) is 0 Å². The Balaban J connectivity index is 1.52. The average molecular weight is 349 g/mol. The predicted molar refractivity (Wildman–Crippen MR) is 88.6 cm³/mol. The van der Waals surface area contributed by atoms with Crippen molar-refractivity contribution in [3.63, 3.8) is 0 Å². The van der Waals surface area contributed by atoms with Gasteiger partial charge in [0.05, 0.1) is 0 Å². The molecular formula is C18H18F3N3O. The first-order chi connectivity index (χ1) is 12.0. The van der Waals surface area contributed by atoms with Crippen LogP contribution in [0.2, 0.25) is 0 Å². The molecule has 132 valence electrons. The van der Waals surface area contributed by atoms with E-state index in [2.05, 4.69) is 10.2 Å². The topological polar surface area (TPSA) is 35.6 Å². The molecule has 0 spiro atoms. The third-order valence-electron chi connectivity index (χ3n) is 4.18. The largest absolute Gasteiger partial charge is 0.322 e. The molecule has 0 atom stereocenters. The van der Waals surface area contributed by atoms with Crippen LogP contribution in [0.5, 0.6) is 0 Å². The Morgan fingerprint density at radius 1 is 0.920 bits per heavy atom. The Labute approximate surface area is 143 Å². The third kappa shape index (κ3) is 4.30. The van der Waals surface area contributed by atoms with Crippen molar-refractivity contribution in [2.45, 2.75) is 6.54 Å². The van der Waals surface area contributed by atoms with E-state index in [9.17, 15) is 18.0 Å². The second kappa shape index (κ2) is 7.57. The van der Waals surface area contributed by atoms with E-state index in [0.29, 0.717) is 38.3 Å². The Morgan fingerprint density at radius 3 is 2.32 bits per heavy atom. The molecule has 25 heavy (non-hydrogen) atoms. The molecule has 7 heteroatoms. The lowest BCUT2D eigenvalue weighted by Crippen LogP contribution is -2.49. The standard InChI is InChI=1S/C18H18F3N3O/c19-15-4-2-1-3-13(15)12-23-7-9-24(10-8-23)18(25)22-14-5-6-16(20)17(21)11-14/h1-6,11H,7-10,12H2,(H,22,25). The Morgan fingerprint density at radius 2 is 1.64 bits per heavy atom. The maximum atomic E-state index is 13.7. The lowest BCUT2D eigenvalue weighted by Gasteiger charge is -2.34. The fourth-order valence-electron chi connectivity index (χ4n) is 2.75. The quantitative estimate of drug-likeness (QED) is 0.921. The minimum absolute atomic E-state index is 0.206. The maximum Gasteiger partial charge on any atom is 0.321 e. The first-order valence-electron chi connectivity index (χ1n) is 7.99. The third-order valence-corrected chi connectivity index (χ3v) is 4.18. The molecule has 0 bridgehead atoms. The van der Waals surface area contributed by atoms with Gasteiger partial charge in [-0.3, -0.25) is 4.90 Å². The number of amides is 2. The van der Waals surface area contributed by atoms with Crippen molar-refractivity contribution >= 4 is 11.7 Å². The molecule has 0 radical (unpaired) electrons. The number of halogens is 3. The zero-order valence-corrected chi connectivity index (χ0v) is 13.5. The molecule has 0 unspecified atom stereocenters. The number of carbonyl (C=O) groups excluding carboxylic acids is 1. The van der Waals surface area contributed by atoms with E-state index < -0.39 is 11.6 Å². The van der Waals surface area contributed by atoms with Gasteiger partial charge in [-0.25, -0.2) is 18.0 Å². The molecule has 1 saturated heterocycles. The van der Waals surface area contributed by atoms with E-state index in [1.54, 1.807) is 23.1 Å². The predicted octanol–water partition coefficient (Wildman–Crippen LogP) is 3.45. The van der Waals surface area contributed by atoms with Gasteiger partial charge in [0.15, 0.2) is 11.6 Å². The summed E-state index contributed by atoms with van der Waals surface area (Å²) in [4.78, 5) is 15.9. The summed E-state index contributed by atoms with van der Waals surface area (Å²) in [6.07, 6.45) is 0. The zero-order chi connectivity index (χ0) is 17.8. The van der Waals surface area contributed by atoms with Crippen LogP contribution in [0, 0.1) is 17.5 Å². The Bertz CT molecular complexity index is 761. The van der Waals surface area contributed by atoms with Crippen LogP contribution in [0.4, 0.5) is 23.7 Å². The zero-order valence-electron chi connectivity index (χ0n) is 13.5. The van der Waals surface area contributed by atoms with Crippen LogP contribution in [-0.4, -0.2) is 42.0 Å². The van der Waals surface area contributed by atoms with E-state index in [1.807, 2.05) is 0 Å². The minimum atomic E-state index is -1.01. The lowest BCUT2D eigenvalue weighted by atomic mass is 10.2. The molecule has 0 aliphatic carbocycles. The highest BCUT2D eigenvalue weighted by atomic mass is 19.2. The smallest absolute Gasteiger partial charge is 0.321 e.